The van der Waals surface area contributed by atoms with Crippen molar-refractivity contribution in [2.45, 2.75) is 13.0 Å². The minimum Gasteiger partial charge on any atom is -0.338 e. The molecule has 1 amide bonds. The molecule has 1 atom stereocenters. The summed E-state index contributed by atoms with van der Waals surface area (Å²) < 4.78 is 1.48. The molecule has 2 rings (SSSR count). The number of carbonyl (C=O) groups is 1. The van der Waals surface area contributed by atoms with Crippen molar-refractivity contribution in [3.05, 3.63) is 6.33 Å². The predicted molar refractivity (Wildman–Crippen MR) is 52.0 cm³/mol. The molecule has 1 aliphatic rings. The van der Waals surface area contributed by atoms with Crippen LogP contribution in [0.5, 0.6) is 0 Å². The van der Waals surface area contributed by atoms with Crippen LogP contribution < -0.4 is 5.32 Å². The first-order chi connectivity index (χ1) is 7.29. The normalized spacial score (nSPS) is 18.9. The molecule has 1 aromatic rings. The molecule has 82 valence electrons. The summed E-state index contributed by atoms with van der Waals surface area (Å²) in [6, 6.07) is -0.321. The van der Waals surface area contributed by atoms with Crippen molar-refractivity contribution in [1.29, 1.82) is 0 Å². The number of rotatable bonds is 2. The second kappa shape index (κ2) is 4.35. The molecule has 1 aromatic heterocycles. The van der Waals surface area contributed by atoms with Gasteiger partial charge in [-0.3, -0.25) is 4.79 Å². The Morgan fingerprint density at radius 2 is 2.20 bits per heavy atom. The van der Waals surface area contributed by atoms with E-state index in [0.29, 0.717) is 0 Å². The van der Waals surface area contributed by atoms with Crippen LogP contribution in [0.3, 0.4) is 0 Å². The van der Waals surface area contributed by atoms with E-state index < -0.39 is 0 Å². The monoisotopic (exact) mass is 210 g/mol. The number of nitrogens with zero attached hydrogens (tertiary/aromatic N) is 5. The highest BCUT2D eigenvalue weighted by atomic mass is 16.2. The fourth-order valence-corrected chi connectivity index (χ4v) is 1.61. The van der Waals surface area contributed by atoms with E-state index in [4.69, 9.17) is 0 Å². The first-order valence-electron chi connectivity index (χ1n) is 5.01. The zero-order valence-electron chi connectivity index (χ0n) is 8.63. The molecule has 0 saturated carbocycles. The maximum Gasteiger partial charge on any atom is 0.247 e. The van der Waals surface area contributed by atoms with Gasteiger partial charge in [-0.25, -0.2) is 4.68 Å². The number of piperazine rings is 1. The Kier molecular flexibility index (Phi) is 2.91. The first kappa shape index (κ1) is 10.0. The molecule has 1 aliphatic heterocycles. The lowest BCUT2D eigenvalue weighted by molar-refractivity contribution is -0.135. The summed E-state index contributed by atoms with van der Waals surface area (Å²) >= 11 is 0. The zero-order chi connectivity index (χ0) is 10.7. The van der Waals surface area contributed by atoms with Gasteiger partial charge in [-0.05, 0) is 17.4 Å². The third-order valence-corrected chi connectivity index (χ3v) is 2.55. The SMILES string of the molecule is CC(C(=O)N1CCNCC1)n1cnnn1. The molecule has 1 saturated heterocycles. The number of hydrogen-bond donors (Lipinski definition) is 1. The topological polar surface area (TPSA) is 75.9 Å². The number of carbonyl (C=O) groups excluding carboxylic acids is 1. The fraction of sp³-hybridized carbons (Fsp3) is 0.750. The minimum atomic E-state index is -0.321. The Hall–Kier alpha value is -1.50. The van der Waals surface area contributed by atoms with E-state index in [0.717, 1.165) is 26.2 Å². The number of aromatic nitrogens is 4. The Labute approximate surface area is 87.4 Å². The summed E-state index contributed by atoms with van der Waals surface area (Å²) in [6.07, 6.45) is 1.46. The summed E-state index contributed by atoms with van der Waals surface area (Å²) in [6.45, 7) is 5.03. The van der Waals surface area contributed by atoms with Crippen LogP contribution in [-0.2, 0) is 4.79 Å². The van der Waals surface area contributed by atoms with Crippen molar-refractivity contribution in [1.82, 2.24) is 30.4 Å². The summed E-state index contributed by atoms with van der Waals surface area (Å²) in [4.78, 5) is 13.8. The van der Waals surface area contributed by atoms with Crippen LogP contribution in [0.2, 0.25) is 0 Å². The van der Waals surface area contributed by atoms with Crippen LogP contribution >= 0.6 is 0 Å². The lowest BCUT2D eigenvalue weighted by Crippen LogP contribution is -2.48. The third kappa shape index (κ3) is 2.12. The van der Waals surface area contributed by atoms with Crippen LogP contribution in [0.25, 0.3) is 0 Å². The van der Waals surface area contributed by atoms with Crippen LogP contribution in [0.4, 0.5) is 0 Å². The molecule has 0 bridgehead atoms. The molecular formula is C8H14N6O. The van der Waals surface area contributed by atoms with Gasteiger partial charge in [0.15, 0.2) is 0 Å². The maximum absolute atomic E-state index is 12.0. The number of tetrazole rings is 1. The summed E-state index contributed by atoms with van der Waals surface area (Å²) in [5.74, 6) is 0.0730. The van der Waals surface area contributed by atoms with Gasteiger partial charge in [0.2, 0.25) is 5.91 Å². The Morgan fingerprint density at radius 3 is 2.80 bits per heavy atom. The van der Waals surface area contributed by atoms with Gasteiger partial charge >= 0.3 is 0 Å². The minimum absolute atomic E-state index is 0.0730. The highest BCUT2D eigenvalue weighted by molar-refractivity contribution is 5.80. The van der Waals surface area contributed by atoms with Crippen LogP contribution in [0, 0.1) is 0 Å². The molecule has 1 fully saturated rings. The van der Waals surface area contributed by atoms with Gasteiger partial charge in [-0.2, -0.15) is 0 Å². The lowest BCUT2D eigenvalue weighted by atomic mass is 10.2. The fourth-order valence-electron chi connectivity index (χ4n) is 1.61. The van der Waals surface area contributed by atoms with Crippen LogP contribution in [0.1, 0.15) is 13.0 Å². The third-order valence-electron chi connectivity index (χ3n) is 2.55. The average molecular weight is 210 g/mol. The summed E-state index contributed by atoms with van der Waals surface area (Å²) in [5.41, 5.74) is 0. The number of amides is 1. The summed E-state index contributed by atoms with van der Waals surface area (Å²) in [7, 11) is 0. The molecule has 7 nitrogen and oxygen atoms in total. The molecule has 0 spiro atoms. The van der Waals surface area contributed by atoms with Crippen molar-refractivity contribution in [3.8, 4) is 0 Å². The van der Waals surface area contributed by atoms with Gasteiger partial charge in [0.1, 0.15) is 12.4 Å². The molecule has 0 aliphatic carbocycles. The molecule has 0 aromatic carbocycles. The highest BCUT2D eigenvalue weighted by Crippen LogP contribution is 2.07. The Morgan fingerprint density at radius 1 is 1.47 bits per heavy atom. The lowest BCUT2D eigenvalue weighted by Gasteiger charge is -2.29. The number of nitrogens with one attached hydrogen (secondary N) is 1. The van der Waals surface area contributed by atoms with Gasteiger partial charge in [0.25, 0.3) is 0 Å². The van der Waals surface area contributed by atoms with Gasteiger partial charge in [-0.1, -0.05) is 0 Å². The van der Waals surface area contributed by atoms with Crippen molar-refractivity contribution in [2.75, 3.05) is 26.2 Å². The maximum atomic E-state index is 12.0. The zero-order valence-corrected chi connectivity index (χ0v) is 8.63. The second-order valence-electron chi connectivity index (χ2n) is 3.54. The van der Waals surface area contributed by atoms with Crippen LogP contribution in [-0.4, -0.2) is 57.2 Å². The Balaban J connectivity index is 2.00. The molecule has 15 heavy (non-hydrogen) atoms. The smallest absolute Gasteiger partial charge is 0.247 e. The average Bonchev–Trinajstić information content (AvgIpc) is 2.82. The van der Waals surface area contributed by atoms with E-state index in [1.807, 2.05) is 4.90 Å². The second-order valence-corrected chi connectivity index (χ2v) is 3.54. The molecule has 1 unspecified atom stereocenters. The van der Waals surface area contributed by atoms with Crippen molar-refractivity contribution < 1.29 is 4.79 Å². The quantitative estimate of drug-likeness (QED) is 0.654. The van der Waals surface area contributed by atoms with E-state index in [-0.39, 0.29) is 11.9 Å². The molecular weight excluding hydrogens is 196 g/mol. The highest BCUT2D eigenvalue weighted by Gasteiger charge is 2.23. The van der Waals surface area contributed by atoms with E-state index in [1.54, 1.807) is 6.92 Å². The summed E-state index contributed by atoms with van der Waals surface area (Å²) in [5, 5.41) is 14.0. The van der Waals surface area contributed by atoms with E-state index in [9.17, 15) is 4.79 Å². The van der Waals surface area contributed by atoms with Gasteiger partial charge < -0.3 is 10.2 Å². The van der Waals surface area contributed by atoms with Crippen molar-refractivity contribution >= 4 is 5.91 Å². The largest absolute Gasteiger partial charge is 0.338 e. The van der Waals surface area contributed by atoms with E-state index in [1.165, 1.54) is 11.0 Å². The Bertz CT molecular complexity index is 318. The van der Waals surface area contributed by atoms with Crippen molar-refractivity contribution in [3.63, 3.8) is 0 Å². The van der Waals surface area contributed by atoms with E-state index in [2.05, 4.69) is 20.8 Å². The first-order valence-corrected chi connectivity index (χ1v) is 5.01. The molecule has 2 heterocycles. The number of hydrogen-bond acceptors (Lipinski definition) is 5. The molecule has 1 N–H and O–H groups in total. The van der Waals surface area contributed by atoms with Crippen LogP contribution in [0.15, 0.2) is 6.33 Å². The van der Waals surface area contributed by atoms with Crippen molar-refractivity contribution in [2.24, 2.45) is 0 Å². The predicted octanol–water partition coefficient (Wildman–Crippen LogP) is -1.33. The van der Waals surface area contributed by atoms with Gasteiger partial charge in [0.05, 0.1) is 0 Å². The standard InChI is InChI=1S/C8H14N6O/c1-7(14-6-10-11-12-14)8(15)13-4-2-9-3-5-13/h6-7,9H,2-5H2,1H3. The van der Waals surface area contributed by atoms with E-state index >= 15 is 0 Å². The van der Waals surface area contributed by atoms with Gasteiger partial charge in [0, 0.05) is 26.2 Å². The molecule has 0 radical (unpaired) electrons. The molecule has 7 heteroatoms. The van der Waals surface area contributed by atoms with Gasteiger partial charge in [-0.15, -0.1) is 5.10 Å².